The summed E-state index contributed by atoms with van der Waals surface area (Å²) in [7, 11) is 1.60. The Balaban J connectivity index is 2.25. The van der Waals surface area contributed by atoms with Gasteiger partial charge in [-0.15, -0.1) is 0 Å². The molecule has 2 aromatic rings. The van der Waals surface area contributed by atoms with E-state index in [1.54, 1.807) is 25.4 Å². The predicted octanol–water partition coefficient (Wildman–Crippen LogP) is 2.28. The van der Waals surface area contributed by atoms with Crippen LogP contribution in [-0.4, -0.2) is 23.2 Å². The van der Waals surface area contributed by atoms with Crippen LogP contribution < -0.4 is 15.0 Å². The maximum Gasteiger partial charge on any atom is 0.256 e. The number of hydrogen-bond donors (Lipinski definition) is 0. The van der Waals surface area contributed by atoms with E-state index in [1.807, 2.05) is 32.0 Å². The lowest BCUT2D eigenvalue weighted by atomic mass is 10.1. The maximum absolute atomic E-state index is 12.1. The van der Waals surface area contributed by atoms with Crippen molar-refractivity contribution in [1.82, 2.24) is 4.57 Å². The van der Waals surface area contributed by atoms with Gasteiger partial charge in [0.25, 0.3) is 5.56 Å². The standard InChI is InChI=1S/C16H16N2O3/c1-16(2)17-15(18-9-5-4-6-14(18)19)12-10-11(20-3)7-8-13(12)21-16/h4-10H,1-3H3. The van der Waals surface area contributed by atoms with E-state index in [2.05, 4.69) is 4.99 Å². The monoisotopic (exact) mass is 284 g/mol. The molecule has 108 valence electrons. The summed E-state index contributed by atoms with van der Waals surface area (Å²) in [6.07, 6.45) is 1.70. The lowest BCUT2D eigenvalue weighted by molar-refractivity contribution is 0.114. The van der Waals surface area contributed by atoms with Crippen molar-refractivity contribution in [2.75, 3.05) is 7.11 Å². The lowest BCUT2D eigenvalue weighted by Crippen LogP contribution is -2.37. The number of pyridine rings is 1. The van der Waals surface area contributed by atoms with Crippen LogP contribution in [0.4, 0.5) is 0 Å². The molecule has 5 heteroatoms. The Bertz CT molecular complexity index is 775. The van der Waals surface area contributed by atoms with E-state index in [9.17, 15) is 4.79 Å². The predicted molar refractivity (Wildman–Crippen MR) is 80.3 cm³/mol. The second-order valence-corrected chi connectivity index (χ2v) is 5.26. The van der Waals surface area contributed by atoms with E-state index in [0.717, 1.165) is 5.56 Å². The van der Waals surface area contributed by atoms with Gasteiger partial charge in [0, 0.05) is 12.3 Å². The van der Waals surface area contributed by atoms with Crippen LogP contribution in [0.15, 0.2) is 52.4 Å². The molecule has 1 aliphatic rings. The quantitative estimate of drug-likeness (QED) is 0.807. The number of aliphatic imine (C=N–C) groups is 1. The highest BCUT2D eigenvalue weighted by Crippen LogP contribution is 2.33. The number of benzene rings is 1. The maximum atomic E-state index is 12.1. The second-order valence-electron chi connectivity index (χ2n) is 5.26. The SMILES string of the molecule is COc1ccc2c(c1)C(n1ccccc1=O)=NC(C)(C)O2. The molecule has 0 amide bonds. The zero-order valence-electron chi connectivity index (χ0n) is 12.2. The van der Waals surface area contributed by atoms with Crippen LogP contribution in [0.2, 0.25) is 0 Å². The molecule has 0 radical (unpaired) electrons. The van der Waals surface area contributed by atoms with Crippen molar-refractivity contribution in [2.24, 2.45) is 4.99 Å². The highest BCUT2D eigenvalue weighted by atomic mass is 16.5. The number of fused-ring (bicyclic) bond motifs is 1. The van der Waals surface area contributed by atoms with E-state index < -0.39 is 5.72 Å². The van der Waals surface area contributed by atoms with Gasteiger partial charge in [-0.2, -0.15) is 0 Å². The first-order chi connectivity index (χ1) is 10.00. The molecular weight excluding hydrogens is 268 g/mol. The lowest BCUT2D eigenvalue weighted by Gasteiger charge is -2.30. The van der Waals surface area contributed by atoms with Gasteiger partial charge in [0.2, 0.25) is 0 Å². The number of nitrogens with zero attached hydrogens (tertiary/aromatic N) is 2. The third-order valence-electron chi connectivity index (χ3n) is 3.21. The molecule has 5 nitrogen and oxygen atoms in total. The third-order valence-corrected chi connectivity index (χ3v) is 3.21. The van der Waals surface area contributed by atoms with E-state index in [0.29, 0.717) is 17.3 Å². The summed E-state index contributed by atoms with van der Waals surface area (Å²) in [5.41, 5.74) is -0.128. The summed E-state index contributed by atoms with van der Waals surface area (Å²) in [6, 6.07) is 10.5. The first-order valence-corrected chi connectivity index (χ1v) is 6.65. The Hall–Kier alpha value is -2.56. The largest absolute Gasteiger partial charge is 0.497 e. The van der Waals surface area contributed by atoms with Crippen LogP contribution in [0.3, 0.4) is 0 Å². The number of methoxy groups -OCH3 is 1. The molecule has 0 bridgehead atoms. The van der Waals surface area contributed by atoms with E-state index in [4.69, 9.17) is 9.47 Å². The van der Waals surface area contributed by atoms with Gasteiger partial charge >= 0.3 is 0 Å². The Morgan fingerprint density at radius 3 is 2.76 bits per heavy atom. The summed E-state index contributed by atoms with van der Waals surface area (Å²) < 4.78 is 12.6. The highest BCUT2D eigenvalue weighted by Gasteiger charge is 2.29. The summed E-state index contributed by atoms with van der Waals surface area (Å²) in [5, 5.41) is 0. The Labute approximate surface area is 122 Å². The second kappa shape index (κ2) is 4.77. The molecule has 0 unspecified atom stereocenters. The fraction of sp³-hybridized carbons (Fsp3) is 0.250. The van der Waals surface area contributed by atoms with Crippen LogP contribution in [-0.2, 0) is 0 Å². The molecule has 0 aliphatic carbocycles. The zero-order valence-corrected chi connectivity index (χ0v) is 12.2. The number of rotatable bonds is 1. The number of aromatic nitrogens is 1. The minimum absolute atomic E-state index is 0.136. The van der Waals surface area contributed by atoms with Crippen molar-refractivity contribution >= 4 is 5.84 Å². The van der Waals surface area contributed by atoms with Gasteiger partial charge in [-0.3, -0.25) is 9.36 Å². The molecule has 0 spiro atoms. The molecule has 1 aliphatic heterocycles. The molecule has 0 fully saturated rings. The van der Waals surface area contributed by atoms with Crippen molar-refractivity contribution in [3.63, 3.8) is 0 Å². The van der Waals surface area contributed by atoms with Crippen molar-refractivity contribution in [1.29, 1.82) is 0 Å². The fourth-order valence-electron chi connectivity index (χ4n) is 2.29. The topological polar surface area (TPSA) is 52.8 Å². The van der Waals surface area contributed by atoms with Crippen molar-refractivity contribution in [3.05, 3.63) is 58.5 Å². The molecular formula is C16H16N2O3. The molecule has 1 aromatic carbocycles. The van der Waals surface area contributed by atoms with Crippen LogP contribution in [0.1, 0.15) is 19.4 Å². The first-order valence-electron chi connectivity index (χ1n) is 6.65. The van der Waals surface area contributed by atoms with Crippen LogP contribution in [0.25, 0.3) is 0 Å². The molecule has 21 heavy (non-hydrogen) atoms. The highest BCUT2D eigenvalue weighted by molar-refractivity contribution is 6.03. The van der Waals surface area contributed by atoms with Crippen molar-refractivity contribution < 1.29 is 9.47 Å². The Kier molecular flexibility index (Phi) is 3.05. The smallest absolute Gasteiger partial charge is 0.256 e. The first kappa shape index (κ1) is 13.4. The number of ether oxygens (including phenoxy) is 2. The fourth-order valence-corrected chi connectivity index (χ4v) is 2.29. The van der Waals surface area contributed by atoms with Gasteiger partial charge < -0.3 is 9.47 Å². The number of hydrogen-bond acceptors (Lipinski definition) is 4. The van der Waals surface area contributed by atoms with Gasteiger partial charge in [-0.25, -0.2) is 4.99 Å². The van der Waals surface area contributed by atoms with E-state index in [-0.39, 0.29) is 5.56 Å². The van der Waals surface area contributed by atoms with Crippen LogP contribution in [0.5, 0.6) is 11.5 Å². The Morgan fingerprint density at radius 1 is 1.24 bits per heavy atom. The molecule has 0 N–H and O–H groups in total. The molecule has 0 saturated carbocycles. The van der Waals surface area contributed by atoms with Gasteiger partial charge in [0.05, 0.1) is 12.7 Å². The Morgan fingerprint density at radius 2 is 2.05 bits per heavy atom. The average Bonchev–Trinajstić information content (AvgIpc) is 2.46. The van der Waals surface area contributed by atoms with Crippen LogP contribution in [0, 0.1) is 0 Å². The molecule has 0 saturated heterocycles. The van der Waals surface area contributed by atoms with Gasteiger partial charge in [-0.1, -0.05) is 6.07 Å². The van der Waals surface area contributed by atoms with Gasteiger partial charge in [-0.05, 0) is 38.1 Å². The minimum atomic E-state index is -0.730. The summed E-state index contributed by atoms with van der Waals surface area (Å²) in [4.78, 5) is 16.7. The minimum Gasteiger partial charge on any atom is -0.497 e. The average molecular weight is 284 g/mol. The third kappa shape index (κ3) is 2.42. The summed E-state index contributed by atoms with van der Waals surface area (Å²) in [6.45, 7) is 3.71. The zero-order chi connectivity index (χ0) is 15.0. The van der Waals surface area contributed by atoms with Gasteiger partial charge in [0.15, 0.2) is 5.72 Å². The summed E-state index contributed by atoms with van der Waals surface area (Å²) >= 11 is 0. The molecule has 0 atom stereocenters. The normalized spacial score (nSPS) is 15.7. The molecule has 2 heterocycles. The van der Waals surface area contributed by atoms with E-state index >= 15 is 0 Å². The van der Waals surface area contributed by atoms with Crippen molar-refractivity contribution in [2.45, 2.75) is 19.6 Å². The van der Waals surface area contributed by atoms with E-state index in [1.165, 1.54) is 10.6 Å². The van der Waals surface area contributed by atoms with Crippen LogP contribution >= 0.6 is 0 Å². The molecule has 1 aromatic heterocycles. The van der Waals surface area contributed by atoms with Crippen molar-refractivity contribution in [3.8, 4) is 11.5 Å². The van der Waals surface area contributed by atoms with Gasteiger partial charge in [0.1, 0.15) is 17.3 Å². The summed E-state index contributed by atoms with van der Waals surface area (Å²) in [5.74, 6) is 1.93. The molecule has 3 rings (SSSR count).